The molecule has 0 amide bonds. The molecule has 0 N–H and O–H groups in total. The highest BCUT2D eigenvalue weighted by molar-refractivity contribution is 14.1. The van der Waals surface area contributed by atoms with Gasteiger partial charge in [-0.15, -0.1) is 11.8 Å². The summed E-state index contributed by atoms with van der Waals surface area (Å²) in [6.07, 6.45) is 5.17. The van der Waals surface area contributed by atoms with Crippen molar-refractivity contribution < 1.29 is 0 Å². The zero-order valence-corrected chi connectivity index (χ0v) is 15.1. The number of rotatable bonds is 2. The molecule has 2 aliphatic rings. The number of thioether (sulfide) groups is 2. The van der Waals surface area contributed by atoms with Gasteiger partial charge in [-0.3, -0.25) is 0 Å². The molecule has 1 aliphatic carbocycles. The van der Waals surface area contributed by atoms with Crippen molar-refractivity contribution in [1.29, 1.82) is 0 Å². The van der Waals surface area contributed by atoms with Gasteiger partial charge in [0, 0.05) is 23.2 Å². The number of nitrogens with zero attached hydrogens (tertiary/aromatic N) is 2. The maximum atomic E-state index is 6.34. The minimum Gasteiger partial charge on any atom is -0.235 e. The number of hydrogen-bond donors (Lipinski definition) is 0. The predicted molar refractivity (Wildman–Crippen MR) is 93.5 cm³/mol. The topological polar surface area (TPSA) is 25.8 Å². The average molecular weight is 427 g/mol. The van der Waals surface area contributed by atoms with Crippen LogP contribution in [-0.4, -0.2) is 27.2 Å². The molecule has 0 aromatic carbocycles. The lowest BCUT2D eigenvalue weighted by Gasteiger charge is -2.21. The number of aromatic nitrogens is 2. The molecule has 1 aromatic rings. The van der Waals surface area contributed by atoms with Gasteiger partial charge in [0.15, 0.2) is 0 Å². The summed E-state index contributed by atoms with van der Waals surface area (Å²) < 4.78 is 1.07. The Labute approximate surface area is 141 Å². The Bertz CT molecular complexity index is 460. The molecule has 1 aliphatic heterocycles. The molecule has 2 fully saturated rings. The lowest BCUT2D eigenvalue weighted by molar-refractivity contribution is 0.678. The van der Waals surface area contributed by atoms with Crippen molar-refractivity contribution in [3.63, 3.8) is 0 Å². The van der Waals surface area contributed by atoms with Crippen LogP contribution in [-0.2, 0) is 0 Å². The van der Waals surface area contributed by atoms with Gasteiger partial charge in [0.25, 0.3) is 0 Å². The molecule has 1 aromatic heterocycles. The lowest BCUT2D eigenvalue weighted by Crippen LogP contribution is -2.13. The smallest absolute Gasteiger partial charge is 0.146 e. The summed E-state index contributed by atoms with van der Waals surface area (Å²) in [6, 6.07) is 0. The molecular formula is C13H16ClIN2S2. The lowest BCUT2D eigenvalue weighted by atomic mass is 10.0. The zero-order valence-electron chi connectivity index (χ0n) is 10.6. The van der Waals surface area contributed by atoms with Gasteiger partial charge in [0.1, 0.15) is 11.0 Å². The van der Waals surface area contributed by atoms with E-state index in [1.54, 1.807) is 0 Å². The second kappa shape index (κ2) is 6.71. The van der Waals surface area contributed by atoms with Gasteiger partial charge >= 0.3 is 0 Å². The van der Waals surface area contributed by atoms with Crippen molar-refractivity contribution in [3.05, 3.63) is 20.2 Å². The summed E-state index contributed by atoms with van der Waals surface area (Å²) in [5.41, 5.74) is 1.21. The third-order valence-electron chi connectivity index (χ3n) is 3.70. The van der Waals surface area contributed by atoms with E-state index < -0.39 is 0 Å². The molecule has 1 saturated heterocycles. The van der Waals surface area contributed by atoms with E-state index in [-0.39, 0.29) is 0 Å². The molecule has 19 heavy (non-hydrogen) atoms. The zero-order chi connectivity index (χ0) is 13.2. The van der Waals surface area contributed by atoms with Crippen molar-refractivity contribution in [2.45, 2.75) is 36.9 Å². The fourth-order valence-corrected chi connectivity index (χ4v) is 6.17. The summed E-state index contributed by atoms with van der Waals surface area (Å²) >= 11 is 12.6. The highest BCUT2D eigenvalue weighted by atomic mass is 127. The van der Waals surface area contributed by atoms with E-state index in [4.69, 9.17) is 16.6 Å². The largest absolute Gasteiger partial charge is 0.235 e. The first kappa shape index (κ1) is 14.7. The summed E-state index contributed by atoms with van der Waals surface area (Å²) in [5, 5.41) is 1.08. The van der Waals surface area contributed by atoms with Gasteiger partial charge in [-0.05, 0) is 35.4 Å². The summed E-state index contributed by atoms with van der Waals surface area (Å²) in [6.45, 7) is 0. The molecule has 1 unspecified atom stereocenters. The first-order chi connectivity index (χ1) is 9.25. The van der Waals surface area contributed by atoms with Crippen LogP contribution < -0.4 is 0 Å². The Morgan fingerprint density at radius 2 is 1.95 bits per heavy atom. The maximum absolute atomic E-state index is 6.34. The molecule has 1 saturated carbocycles. The standard InChI is InChI=1S/C13H16ClIN2S2/c14-12-10(15)11(8-3-1-2-4-8)16-13(17-12)9-7-18-5-6-19-9/h8-9H,1-7H2. The van der Waals surface area contributed by atoms with Crippen molar-refractivity contribution in [3.8, 4) is 0 Å². The Kier molecular flexibility index (Phi) is 5.20. The van der Waals surface area contributed by atoms with Gasteiger partial charge in [-0.2, -0.15) is 11.8 Å². The van der Waals surface area contributed by atoms with Crippen LogP contribution >= 0.6 is 57.7 Å². The van der Waals surface area contributed by atoms with E-state index >= 15 is 0 Å². The first-order valence-electron chi connectivity index (χ1n) is 6.68. The van der Waals surface area contributed by atoms with E-state index in [9.17, 15) is 0 Å². The summed E-state index contributed by atoms with van der Waals surface area (Å²) in [7, 11) is 0. The average Bonchev–Trinajstić information content (AvgIpc) is 2.96. The molecule has 104 valence electrons. The Morgan fingerprint density at radius 3 is 2.63 bits per heavy atom. The molecule has 3 rings (SSSR count). The van der Waals surface area contributed by atoms with Crippen LogP contribution in [0.5, 0.6) is 0 Å². The van der Waals surface area contributed by atoms with Crippen LogP contribution in [0.2, 0.25) is 5.15 Å². The van der Waals surface area contributed by atoms with Gasteiger partial charge in [0.2, 0.25) is 0 Å². The van der Waals surface area contributed by atoms with Crippen molar-refractivity contribution >= 4 is 57.7 Å². The second-order valence-corrected chi connectivity index (χ2v) is 8.88. The number of halogens is 2. The van der Waals surface area contributed by atoms with Crippen molar-refractivity contribution in [2.75, 3.05) is 17.3 Å². The molecule has 0 spiro atoms. The Hall–Kier alpha value is 0.800. The Balaban J connectivity index is 1.92. The van der Waals surface area contributed by atoms with E-state index in [1.165, 1.54) is 42.9 Å². The van der Waals surface area contributed by atoms with Crippen molar-refractivity contribution in [2.24, 2.45) is 0 Å². The van der Waals surface area contributed by atoms with Crippen LogP contribution in [0.3, 0.4) is 0 Å². The minimum absolute atomic E-state index is 0.424. The van der Waals surface area contributed by atoms with Gasteiger partial charge in [-0.25, -0.2) is 9.97 Å². The quantitative estimate of drug-likeness (QED) is 0.495. The minimum atomic E-state index is 0.424. The SMILES string of the molecule is Clc1nc(C2CSCCS2)nc(C2CCCC2)c1I. The third-order valence-corrected chi connectivity index (χ3v) is 8.11. The summed E-state index contributed by atoms with van der Waals surface area (Å²) in [5.74, 6) is 5.12. The predicted octanol–water partition coefficient (Wildman–Crippen LogP) is 4.91. The van der Waals surface area contributed by atoms with Crippen LogP contribution in [0.1, 0.15) is 48.4 Å². The Morgan fingerprint density at radius 1 is 1.16 bits per heavy atom. The van der Waals surface area contributed by atoms with Crippen LogP contribution in [0.25, 0.3) is 0 Å². The van der Waals surface area contributed by atoms with Crippen LogP contribution in [0, 0.1) is 3.57 Å². The van der Waals surface area contributed by atoms with E-state index in [1.807, 2.05) is 23.5 Å². The molecular weight excluding hydrogens is 411 g/mol. The molecule has 0 bridgehead atoms. The maximum Gasteiger partial charge on any atom is 0.146 e. The molecule has 6 heteroatoms. The van der Waals surface area contributed by atoms with Crippen LogP contribution in [0.4, 0.5) is 0 Å². The van der Waals surface area contributed by atoms with Crippen LogP contribution in [0.15, 0.2) is 0 Å². The summed E-state index contributed by atoms with van der Waals surface area (Å²) in [4.78, 5) is 9.44. The molecule has 0 radical (unpaired) electrons. The second-order valence-electron chi connectivity index (χ2n) is 4.99. The normalized spacial score (nSPS) is 24.8. The monoisotopic (exact) mass is 426 g/mol. The fraction of sp³-hybridized carbons (Fsp3) is 0.692. The van der Waals surface area contributed by atoms with Gasteiger partial charge in [-0.1, -0.05) is 24.4 Å². The van der Waals surface area contributed by atoms with E-state index in [2.05, 4.69) is 27.6 Å². The molecule has 2 nitrogen and oxygen atoms in total. The van der Waals surface area contributed by atoms with Crippen molar-refractivity contribution in [1.82, 2.24) is 9.97 Å². The fourth-order valence-electron chi connectivity index (χ4n) is 2.70. The number of hydrogen-bond acceptors (Lipinski definition) is 4. The highest BCUT2D eigenvalue weighted by Crippen LogP contribution is 2.40. The highest BCUT2D eigenvalue weighted by Gasteiger charge is 2.26. The third kappa shape index (κ3) is 3.35. The van der Waals surface area contributed by atoms with E-state index in [0.29, 0.717) is 16.3 Å². The molecule has 2 heterocycles. The van der Waals surface area contributed by atoms with Gasteiger partial charge < -0.3 is 0 Å². The van der Waals surface area contributed by atoms with E-state index in [0.717, 1.165) is 15.1 Å². The first-order valence-corrected chi connectivity index (χ1v) is 10.3. The molecule has 1 atom stereocenters. The van der Waals surface area contributed by atoms with Gasteiger partial charge in [0.05, 0.1) is 14.5 Å².